The van der Waals surface area contributed by atoms with Crippen molar-refractivity contribution >= 4 is 41.5 Å². The molecule has 2 aliphatic heterocycles. The van der Waals surface area contributed by atoms with E-state index in [0.717, 1.165) is 0 Å². The third kappa shape index (κ3) is 13.4. The number of hydrogen-bond donors (Lipinski definition) is 0. The van der Waals surface area contributed by atoms with Crippen molar-refractivity contribution in [1.82, 2.24) is 9.80 Å². The molecule has 0 bridgehead atoms. The van der Waals surface area contributed by atoms with Gasteiger partial charge in [-0.1, -0.05) is 0 Å². The summed E-state index contributed by atoms with van der Waals surface area (Å²) >= 11 is -1.72. The first-order valence-electron chi connectivity index (χ1n) is 5.81. The summed E-state index contributed by atoms with van der Waals surface area (Å²) in [4.78, 5) is 4.72. The second-order valence-electron chi connectivity index (χ2n) is 4.27. The number of rotatable bonds is 0. The van der Waals surface area contributed by atoms with Crippen LogP contribution in [0.5, 0.6) is 0 Å². The van der Waals surface area contributed by atoms with Gasteiger partial charge in [-0.15, -0.1) is 0 Å². The zero-order chi connectivity index (χ0) is 12.4. The van der Waals surface area contributed by atoms with Crippen LogP contribution in [0.2, 0.25) is 0 Å². The van der Waals surface area contributed by atoms with E-state index in [1.54, 1.807) is 0 Å². The molecule has 0 atom stereocenters. The molecule has 0 unspecified atom stereocenters. The summed E-state index contributed by atoms with van der Waals surface area (Å²) in [6, 6.07) is 0. The molecular weight excluding hydrogens is 281 g/mol. The van der Waals surface area contributed by atoms with Gasteiger partial charge in [0.25, 0.3) is 0 Å². The monoisotopic (exact) mass is 302 g/mol. The van der Waals surface area contributed by atoms with E-state index in [1.807, 2.05) is 0 Å². The van der Waals surface area contributed by atoms with Gasteiger partial charge < -0.3 is 9.80 Å². The molecule has 16 heavy (non-hydrogen) atoms. The van der Waals surface area contributed by atoms with E-state index in [9.17, 15) is 0 Å². The van der Waals surface area contributed by atoms with Gasteiger partial charge in [0.05, 0.1) is 0 Å². The van der Waals surface area contributed by atoms with Gasteiger partial charge in [0.1, 0.15) is 0 Å². The van der Waals surface area contributed by atoms with Crippen molar-refractivity contribution in [3.63, 3.8) is 0 Å². The van der Waals surface area contributed by atoms with Crippen molar-refractivity contribution < 1.29 is 0 Å². The standard InChI is InChI=1S/2C5H11N.Al.3ClH/c2*1-6-4-2-3-5-6;;;;/h2*2-5H2,1H3;;3*1H/q;;+3;;;/p-3. The van der Waals surface area contributed by atoms with E-state index < -0.39 is 11.4 Å². The van der Waals surface area contributed by atoms with E-state index in [4.69, 9.17) is 30.1 Å². The Hall–Kier alpha value is 1.32. The van der Waals surface area contributed by atoms with Crippen LogP contribution in [0, 0.1) is 0 Å². The molecule has 2 fully saturated rings. The van der Waals surface area contributed by atoms with Crippen LogP contribution in [0.1, 0.15) is 25.7 Å². The normalized spacial score (nSPS) is 20.8. The van der Waals surface area contributed by atoms with Crippen molar-refractivity contribution in [3.05, 3.63) is 0 Å². The highest BCUT2D eigenvalue weighted by atomic mass is 35.8. The highest BCUT2D eigenvalue weighted by molar-refractivity contribution is 7.54. The summed E-state index contributed by atoms with van der Waals surface area (Å²) in [6.07, 6.45) is 5.65. The molecule has 2 heterocycles. The Bertz CT molecular complexity index is 132. The Morgan fingerprint density at radius 2 is 0.875 bits per heavy atom. The smallest absolute Gasteiger partial charge is 0.306 e. The molecule has 0 saturated carbocycles. The minimum Gasteiger partial charge on any atom is -0.306 e. The molecule has 2 saturated heterocycles. The Labute approximate surface area is 117 Å². The van der Waals surface area contributed by atoms with Gasteiger partial charge in [0.15, 0.2) is 0 Å². The molecule has 0 radical (unpaired) electrons. The average Bonchev–Trinajstić information content (AvgIpc) is 2.78. The SMILES string of the molecule is CN1CCCC1.CN1CCCC1.[Cl][Al]([Cl])[Cl]. The minimum absolute atomic E-state index is 1.32. The third-order valence-electron chi connectivity index (χ3n) is 2.66. The second kappa shape index (κ2) is 11.4. The molecule has 0 aliphatic carbocycles. The van der Waals surface area contributed by atoms with Crippen LogP contribution in [0.3, 0.4) is 0 Å². The lowest BCUT2D eigenvalue weighted by molar-refractivity contribution is 0.418. The summed E-state index contributed by atoms with van der Waals surface area (Å²) < 4.78 is 0. The van der Waals surface area contributed by atoms with Crippen molar-refractivity contribution in [1.29, 1.82) is 0 Å². The summed E-state index contributed by atoms with van der Waals surface area (Å²) in [6.45, 7) is 5.28. The van der Waals surface area contributed by atoms with Crippen LogP contribution in [0.4, 0.5) is 0 Å². The average molecular weight is 304 g/mol. The van der Waals surface area contributed by atoms with Crippen LogP contribution in [0.25, 0.3) is 0 Å². The zero-order valence-electron chi connectivity index (χ0n) is 10.3. The van der Waals surface area contributed by atoms with E-state index >= 15 is 0 Å². The lowest BCUT2D eigenvalue weighted by Gasteiger charge is -2.01. The molecule has 0 aromatic heterocycles. The van der Waals surface area contributed by atoms with Crippen LogP contribution in [-0.2, 0) is 0 Å². The van der Waals surface area contributed by atoms with E-state index in [0.29, 0.717) is 0 Å². The molecule has 2 nitrogen and oxygen atoms in total. The predicted molar refractivity (Wildman–Crippen MR) is 76.8 cm³/mol. The number of hydrogen-bond acceptors (Lipinski definition) is 2. The fraction of sp³-hybridized carbons (Fsp3) is 1.00. The van der Waals surface area contributed by atoms with Crippen LogP contribution in [0.15, 0.2) is 0 Å². The largest absolute Gasteiger partial charge is 0.643 e. The summed E-state index contributed by atoms with van der Waals surface area (Å²) in [5, 5.41) is 0. The van der Waals surface area contributed by atoms with Crippen LogP contribution >= 0.6 is 30.1 Å². The maximum absolute atomic E-state index is 4.94. The molecule has 6 heteroatoms. The maximum atomic E-state index is 4.94. The lowest BCUT2D eigenvalue weighted by atomic mass is 10.4. The molecule has 0 amide bonds. The summed E-state index contributed by atoms with van der Waals surface area (Å²) in [7, 11) is 19.2. The minimum atomic E-state index is -1.72. The van der Waals surface area contributed by atoms with Gasteiger partial charge in [0.2, 0.25) is 0 Å². The molecule has 0 aromatic carbocycles. The van der Waals surface area contributed by atoms with Crippen molar-refractivity contribution in [3.8, 4) is 0 Å². The van der Waals surface area contributed by atoms with Gasteiger partial charge >= 0.3 is 11.4 Å². The Kier molecular flexibility index (Phi) is 12.4. The first-order chi connectivity index (χ1) is 7.52. The fourth-order valence-corrected chi connectivity index (χ4v) is 1.75. The molecule has 2 rings (SSSR count). The first kappa shape index (κ1) is 17.3. The van der Waals surface area contributed by atoms with Gasteiger partial charge in [-0.3, -0.25) is 0 Å². The fourth-order valence-electron chi connectivity index (χ4n) is 1.75. The molecule has 2 aliphatic rings. The van der Waals surface area contributed by atoms with Crippen molar-refractivity contribution in [2.45, 2.75) is 25.7 Å². The van der Waals surface area contributed by atoms with E-state index in [1.165, 1.54) is 51.9 Å². The topological polar surface area (TPSA) is 6.48 Å². The summed E-state index contributed by atoms with van der Waals surface area (Å²) in [5.41, 5.74) is 0. The number of halogens is 3. The van der Waals surface area contributed by atoms with Crippen molar-refractivity contribution in [2.24, 2.45) is 0 Å². The van der Waals surface area contributed by atoms with Crippen LogP contribution in [-0.4, -0.2) is 61.5 Å². The van der Waals surface area contributed by atoms with Gasteiger partial charge in [-0.05, 0) is 66.0 Å². The highest BCUT2D eigenvalue weighted by Crippen LogP contribution is 2.02. The highest BCUT2D eigenvalue weighted by Gasteiger charge is 2.03. The quantitative estimate of drug-likeness (QED) is 0.635. The van der Waals surface area contributed by atoms with Gasteiger partial charge in [-0.2, -0.15) is 0 Å². The van der Waals surface area contributed by atoms with Gasteiger partial charge in [0, 0.05) is 0 Å². The number of likely N-dealkylation sites (tertiary alicyclic amines) is 2. The first-order valence-corrected chi connectivity index (χ1v) is 11.1. The Morgan fingerprint density at radius 1 is 0.688 bits per heavy atom. The van der Waals surface area contributed by atoms with E-state index in [-0.39, 0.29) is 0 Å². The van der Waals surface area contributed by atoms with Gasteiger partial charge in [-0.25, -0.2) is 30.1 Å². The second-order valence-corrected chi connectivity index (χ2v) is 10.7. The Balaban J connectivity index is 0.000000217. The number of nitrogens with zero attached hydrogens (tertiary/aromatic N) is 2. The third-order valence-corrected chi connectivity index (χ3v) is 2.66. The van der Waals surface area contributed by atoms with Crippen molar-refractivity contribution in [2.75, 3.05) is 40.3 Å². The predicted octanol–water partition coefficient (Wildman–Crippen LogP) is 3.11. The zero-order valence-corrected chi connectivity index (χ0v) is 13.7. The van der Waals surface area contributed by atoms with Crippen LogP contribution < -0.4 is 0 Å². The lowest BCUT2D eigenvalue weighted by Crippen LogP contribution is -2.10. The summed E-state index contributed by atoms with van der Waals surface area (Å²) in [5.74, 6) is 0. The molecule has 96 valence electrons. The van der Waals surface area contributed by atoms with E-state index in [2.05, 4.69) is 23.9 Å². The Morgan fingerprint density at radius 3 is 0.938 bits per heavy atom. The maximum Gasteiger partial charge on any atom is 0.643 e. The molecule has 0 N–H and O–H groups in total. The molecular formula is C10H22AlCl3N2. The molecule has 0 aromatic rings. The molecule has 0 spiro atoms.